The number of morpholine rings is 1. The fraction of sp³-hybridized carbons (Fsp3) is 0.381. The second-order valence-electron chi connectivity index (χ2n) is 7.00. The summed E-state index contributed by atoms with van der Waals surface area (Å²) in [6.07, 6.45) is -0.0945. The summed E-state index contributed by atoms with van der Waals surface area (Å²) >= 11 is 0. The molecule has 2 aromatic rings. The molecule has 26 heavy (non-hydrogen) atoms. The molecule has 0 radical (unpaired) electrons. The standard InChI is InChI=1S/C21H23NO4/c1-14(2)15-3-5-16(6-4-15)20-12-22(9-10-24-20)21(23)17-7-8-18-19(11-17)26-13-25-18/h3-8,11,14,20H,9-10,12-13H2,1-2H3. The lowest BCUT2D eigenvalue weighted by Crippen LogP contribution is -2.42. The Bertz CT molecular complexity index is 800. The lowest BCUT2D eigenvalue weighted by molar-refractivity contribution is -0.0228. The van der Waals surface area contributed by atoms with E-state index in [0.717, 1.165) is 5.56 Å². The smallest absolute Gasteiger partial charge is 0.254 e. The zero-order valence-electron chi connectivity index (χ0n) is 15.1. The molecule has 0 aliphatic carbocycles. The molecule has 0 spiro atoms. The summed E-state index contributed by atoms with van der Waals surface area (Å²) < 4.78 is 16.6. The van der Waals surface area contributed by atoms with Crippen molar-refractivity contribution in [3.8, 4) is 11.5 Å². The lowest BCUT2D eigenvalue weighted by atomic mass is 9.99. The van der Waals surface area contributed by atoms with Crippen LogP contribution in [0.2, 0.25) is 0 Å². The second kappa shape index (κ2) is 7.00. The highest BCUT2D eigenvalue weighted by molar-refractivity contribution is 5.95. The third kappa shape index (κ3) is 3.27. The molecule has 0 saturated carbocycles. The topological polar surface area (TPSA) is 48.0 Å². The van der Waals surface area contributed by atoms with Crippen molar-refractivity contribution < 1.29 is 19.0 Å². The van der Waals surface area contributed by atoms with Gasteiger partial charge in [0.1, 0.15) is 6.10 Å². The Hall–Kier alpha value is -2.53. The minimum absolute atomic E-state index is 0.00426. The first-order valence-corrected chi connectivity index (χ1v) is 9.02. The van der Waals surface area contributed by atoms with Gasteiger partial charge in [-0.3, -0.25) is 4.79 Å². The lowest BCUT2D eigenvalue weighted by Gasteiger charge is -2.33. The Kier molecular flexibility index (Phi) is 4.55. The molecule has 0 bridgehead atoms. The van der Waals surface area contributed by atoms with Gasteiger partial charge in [-0.1, -0.05) is 38.1 Å². The monoisotopic (exact) mass is 353 g/mol. The summed E-state index contributed by atoms with van der Waals surface area (Å²) in [5, 5.41) is 0. The predicted molar refractivity (Wildman–Crippen MR) is 97.7 cm³/mol. The van der Waals surface area contributed by atoms with Gasteiger partial charge in [0.2, 0.25) is 6.79 Å². The first-order chi connectivity index (χ1) is 12.6. The first kappa shape index (κ1) is 16.9. The van der Waals surface area contributed by atoms with Crippen LogP contribution in [-0.2, 0) is 4.74 Å². The van der Waals surface area contributed by atoms with E-state index >= 15 is 0 Å². The van der Waals surface area contributed by atoms with Crippen LogP contribution in [0.4, 0.5) is 0 Å². The van der Waals surface area contributed by atoms with Crippen LogP contribution < -0.4 is 9.47 Å². The number of benzene rings is 2. The molecule has 2 aromatic carbocycles. The second-order valence-corrected chi connectivity index (χ2v) is 7.00. The number of amides is 1. The van der Waals surface area contributed by atoms with Crippen LogP contribution in [0.5, 0.6) is 11.5 Å². The van der Waals surface area contributed by atoms with Crippen LogP contribution in [0.1, 0.15) is 47.4 Å². The molecule has 1 amide bonds. The minimum atomic E-state index is -0.0945. The van der Waals surface area contributed by atoms with Gasteiger partial charge in [-0.15, -0.1) is 0 Å². The molecule has 2 heterocycles. The van der Waals surface area contributed by atoms with Crippen LogP contribution in [0.25, 0.3) is 0 Å². The highest BCUT2D eigenvalue weighted by Gasteiger charge is 2.27. The number of hydrogen-bond acceptors (Lipinski definition) is 4. The Morgan fingerprint density at radius 3 is 2.62 bits per heavy atom. The third-order valence-electron chi connectivity index (χ3n) is 4.95. The number of ether oxygens (including phenoxy) is 3. The number of carbonyl (C=O) groups is 1. The van der Waals surface area contributed by atoms with Crippen molar-refractivity contribution in [1.82, 2.24) is 4.90 Å². The largest absolute Gasteiger partial charge is 0.454 e. The maximum absolute atomic E-state index is 12.9. The Morgan fingerprint density at radius 2 is 1.85 bits per heavy atom. The number of carbonyl (C=O) groups excluding carboxylic acids is 1. The fourth-order valence-corrected chi connectivity index (χ4v) is 3.34. The number of nitrogens with zero attached hydrogens (tertiary/aromatic N) is 1. The van der Waals surface area contributed by atoms with Gasteiger partial charge in [-0.2, -0.15) is 0 Å². The van der Waals surface area contributed by atoms with Gasteiger partial charge < -0.3 is 19.1 Å². The summed E-state index contributed by atoms with van der Waals surface area (Å²) in [6.45, 7) is 6.24. The summed E-state index contributed by atoms with van der Waals surface area (Å²) in [7, 11) is 0. The molecular weight excluding hydrogens is 330 g/mol. The van der Waals surface area contributed by atoms with Gasteiger partial charge in [-0.05, 0) is 35.2 Å². The Balaban J connectivity index is 1.48. The molecule has 2 aliphatic heterocycles. The molecule has 5 heteroatoms. The summed E-state index contributed by atoms with van der Waals surface area (Å²) in [6, 6.07) is 13.8. The van der Waals surface area contributed by atoms with Crippen molar-refractivity contribution in [3.63, 3.8) is 0 Å². The normalized spacial score (nSPS) is 19.0. The molecule has 0 N–H and O–H groups in total. The van der Waals surface area contributed by atoms with Crippen molar-refractivity contribution in [2.45, 2.75) is 25.9 Å². The molecular formula is C21H23NO4. The molecule has 0 aromatic heterocycles. The van der Waals surface area contributed by atoms with Gasteiger partial charge in [-0.25, -0.2) is 0 Å². The van der Waals surface area contributed by atoms with Crippen molar-refractivity contribution in [1.29, 1.82) is 0 Å². The van der Waals surface area contributed by atoms with Gasteiger partial charge in [0.25, 0.3) is 5.91 Å². The fourth-order valence-electron chi connectivity index (χ4n) is 3.34. The van der Waals surface area contributed by atoms with Crippen molar-refractivity contribution in [2.75, 3.05) is 26.5 Å². The van der Waals surface area contributed by atoms with Gasteiger partial charge in [0.05, 0.1) is 13.2 Å². The third-order valence-corrected chi connectivity index (χ3v) is 4.95. The minimum Gasteiger partial charge on any atom is -0.454 e. The van der Waals surface area contributed by atoms with Crippen LogP contribution in [-0.4, -0.2) is 37.3 Å². The summed E-state index contributed by atoms with van der Waals surface area (Å²) in [5.41, 5.74) is 3.03. The SMILES string of the molecule is CC(C)c1ccc(C2CN(C(=O)c3ccc4c(c3)OCO4)CCO2)cc1. The predicted octanol–water partition coefficient (Wildman–Crippen LogP) is 3.75. The van der Waals surface area contributed by atoms with E-state index in [2.05, 4.69) is 38.1 Å². The highest BCUT2D eigenvalue weighted by Crippen LogP contribution is 2.33. The van der Waals surface area contributed by atoms with Crippen LogP contribution >= 0.6 is 0 Å². The van der Waals surface area contributed by atoms with E-state index in [1.807, 2.05) is 4.90 Å². The number of fused-ring (bicyclic) bond motifs is 1. The molecule has 4 rings (SSSR count). The average Bonchev–Trinajstić information content (AvgIpc) is 3.15. The quantitative estimate of drug-likeness (QED) is 0.843. The first-order valence-electron chi connectivity index (χ1n) is 9.02. The highest BCUT2D eigenvalue weighted by atomic mass is 16.7. The molecule has 5 nitrogen and oxygen atoms in total. The Labute approximate surface area is 153 Å². The van der Waals surface area contributed by atoms with E-state index in [1.54, 1.807) is 18.2 Å². The van der Waals surface area contributed by atoms with E-state index < -0.39 is 0 Å². The van der Waals surface area contributed by atoms with E-state index in [4.69, 9.17) is 14.2 Å². The zero-order chi connectivity index (χ0) is 18.1. The molecule has 1 unspecified atom stereocenters. The molecule has 1 atom stereocenters. The van der Waals surface area contributed by atoms with Crippen LogP contribution in [0.3, 0.4) is 0 Å². The average molecular weight is 353 g/mol. The van der Waals surface area contributed by atoms with E-state index in [-0.39, 0.29) is 18.8 Å². The van der Waals surface area contributed by atoms with Crippen LogP contribution in [0.15, 0.2) is 42.5 Å². The van der Waals surface area contributed by atoms with E-state index in [0.29, 0.717) is 42.7 Å². The maximum atomic E-state index is 12.9. The van der Waals surface area contributed by atoms with Gasteiger partial charge in [0.15, 0.2) is 11.5 Å². The maximum Gasteiger partial charge on any atom is 0.254 e. The van der Waals surface area contributed by atoms with E-state index in [9.17, 15) is 4.79 Å². The molecule has 1 fully saturated rings. The van der Waals surface area contributed by atoms with Crippen molar-refractivity contribution >= 4 is 5.91 Å². The number of rotatable bonds is 3. The summed E-state index contributed by atoms with van der Waals surface area (Å²) in [5.74, 6) is 1.81. The zero-order valence-corrected chi connectivity index (χ0v) is 15.1. The number of hydrogen-bond donors (Lipinski definition) is 0. The van der Waals surface area contributed by atoms with Crippen molar-refractivity contribution in [3.05, 3.63) is 59.2 Å². The molecule has 1 saturated heterocycles. The Morgan fingerprint density at radius 1 is 1.08 bits per heavy atom. The van der Waals surface area contributed by atoms with Crippen molar-refractivity contribution in [2.24, 2.45) is 0 Å². The van der Waals surface area contributed by atoms with Crippen LogP contribution in [0, 0.1) is 0 Å². The summed E-state index contributed by atoms with van der Waals surface area (Å²) in [4.78, 5) is 14.7. The van der Waals surface area contributed by atoms with Gasteiger partial charge in [0, 0.05) is 12.1 Å². The van der Waals surface area contributed by atoms with Gasteiger partial charge >= 0.3 is 0 Å². The molecule has 136 valence electrons. The molecule has 2 aliphatic rings. The van der Waals surface area contributed by atoms with E-state index in [1.165, 1.54) is 5.56 Å².